The van der Waals surface area contributed by atoms with Crippen LogP contribution >= 0.6 is 11.3 Å². The van der Waals surface area contributed by atoms with E-state index >= 15 is 0 Å². The van der Waals surface area contributed by atoms with Crippen LogP contribution in [0.1, 0.15) is 16.0 Å². The number of hydrogen-bond acceptors (Lipinski definition) is 5. The van der Waals surface area contributed by atoms with Crippen molar-refractivity contribution in [1.29, 1.82) is 0 Å². The largest absolute Gasteiger partial charge is 0.324 e. The van der Waals surface area contributed by atoms with E-state index in [1.165, 1.54) is 16.0 Å². The summed E-state index contributed by atoms with van der Waals surface area (Å²) in [7, 11) is 0. The van der Waals surface area contributed by atoms with Gasteiger partial charge in [0.05, 0.1) is 0 Å². The topological polar surface area (TPSA) is 50.7 Å². The monoisotopic (exact) mass is 296 g/mol. The molecule has 0 aliphatic heterocycles. The first kappa shape index (κ1) is 13.7. The number of benzene rings is 1. The minimum atomic E-state index is 0.595. The lowest BCUT2D eigenvalue weighted by Gasteiger charge is -2.11. The molecule has 0 aliphatic carbocycles. The van der Waals surface area contributed by atoms with Gasteiger partial charge in [-0.15, -0.1) is 11.3 Å². The fourth-order valence-corrected chi connectivity index (χ4v) is 2.87. The Morgan fingerprint density at radius 2 is 1.76 bits per heavy atom. The summed E-state index contributed by atoms with van der Waals surface area (Å²) in [5.41, 5.74) is 4.25. The van der Waals surface area contributed by atoms with Crippen LogP contribution in [0.2, 0.25) is 0 Å². The second-order valence-electron chi connectivity index (χ2n) is 4.93. The Morgan fingerprint density at radius 3 is 2.43 bits per heavy atom. The molecule has 0 unspecified atom stereocenters. The summed E-state index contributed by atoms with van der Waals surface area (Å²) in [6, 6.07) is 8.08. The molecule has 21 heavy (non-hydrogen) atoms. The fourth-order valence-electron chi connectivity index (χ4n) is 2.13. The van der Waals surface area contributed by atoms with Crippen molar-refractivity contribution in [2.75, 3.05) is 5.32 Å². The summed E-state index contributed by atoms with van der Waals surface area (Å²) in [6.07, 6.45) is 3.62. The average molecular weight is 296 g/mol. The van der Waals surface area contributed by atoms with Crippen LogP contribution in [-0.2, 0) is 0 Å². The number of thiazole rings is 1. The lowest BCUT2D eigenvalue weighted by molar-refractivity contribution is 1.15. The molecule has 0 aliphatic rings. The standard InChI is InChI=1S/C16H16N4S/c1-10-5-4-6-11(2)14(10)20-16-17-8-7-13(19-16)15-18-9-12(3)21-15/h4-9H,1-3H3,(H,17,19,20). The molecule has 2 aromatic heterocycles. The van der Waals surface area contributed by atoms with Gasteiger partial charge in [0.1, 0.15) is 10.7 Å². The fraction of sp³-hybridized carbons (Fsp3) is 0.188. The highest BCUT2D eigenvalue weighted by Gasteiger charge is 2.08. The predicted molar refractivity (Wildman–Crippen MR) is 87.1 cm³/mol. The average Bonchev–Trinajstić information content (AvgIpc) is 2.90. The van der Waals surface area contributed by atoms with Crippen LogP contribution in [0.5, 0.6) is 0 Å². The third kappa shape index (κ3) is 2.92. The van der Waals surface area contributed by atoms with Crippen molar-refractivity contribution in [3.05, 3.63) is 52.7 Å². The van der Waals surface area contributed by atoms with E-state index in [9.17, 15) is 0 Å². The number of hydrogen-bond donors (Lipinski definition) is 1. The molecule has 0 amide bonds. The molecule has 3 rings (SSSR count). The highest BCUT2D eigenvalue weighted by atomic mass is 32.1. The van der Waals surface area contributed by atoms with E-state index in [2.05, 4.69) is 46.2 Å². The Balaban J connectivity index is 1.94. The third-order valence-corrected chi connectivity index (χ3v) is 4.15. The Hall–Kier alpha value is -2.27. The van der Waals surface area contributed by atoms with Crippen LogP contribution in [0.4, 0.5) is 11.6 Å². The van der Waals surface area contributed by atoms with Gasteiger partial charge in [0.2, 0.25) is 5.95 Å². The SMILES string of the molecule is Cc1cnc(-c2ccnc(Nc3c(C)cccc3C)n2)s1. The van der Waals surface area contributed by atoms with Crippen LogP contribution in [0.3, 0.4) is 0 Å². The van der Waals surface area contributed by atoms with E-state index < -0.39 is 0 Å². The molecule has 1 aromatic carbocycles. The molecular formula is C16H16N4S. The molecule has 0 radical (unpaired) electrons. The van der Waals surface area contributed by atoms with E-state index in [0.29, 0.717) is 5.95 Å². The van der Waals surface area contributed by atoms with Gasteiger partial charge < -0.3 is 5.32 Å². The Labute approximate surface area is 127 Å². The molecule has 0 bridgehead atoms. The number of para-hydroxylation sites is 1. The molecular weight excluding hydrogens is 280 g/mol. The van der Waals surface area contributed by atoms with Crippen LogP contribution in [0.15, 0.2) is 36.7 Å². The summed E-state index contributed by atoms with van der Waals surface area (Å²) < 4.78 is 0. The third-order valence-electron chi connectivity index (χ3n) is 3.21. The van der Waals surface area contributed by atoms with Crippen molar-refractivity contribution in [3.8, 4) is 10.7 Å². The Bertz CT molecular complexity index is 759. The number of aryl methyl sites for hydroxylation is 3. The van der Waals surface area contributed by atoms with Gasteiger partial charge in [0.25, 0.3) is 0 Å². The van der Waals surface area contributed by atoms with Crippen LogP contribution in [0.25, 0.3) is 10.7 Å². The molecule has 0 saturated heterocycles. The molecule has 0 spiro atoms. The van der Waals surface area contributed by atoms with Crippen molar-refractivity contribution in [3.63, 3.8) is 0 Å². The molecule has 4 nitrogen and oxygen atoms in total. The zero-order valence-corrected chi connectivity index (χ0v) is 13.0. The number of aromatic nitrogens is 3. The molecule has 0 atom stereocenters. The molecule has 3 aromatic rings. The van der Waals surface area contributed by atoms with E-state index in [1.807, 2.05) is 25.3 Å². The lowest BCUT2D eigenvalue weighted by Crippen LogP contribution is -2.01. The Kier molecular flexibility index (Phi) is 3.66. The quantitative estimate of drug-likeness (QED) is 0.784. The molecule has 0 fully saturated rings. The molecule has 5 heteroatoms. The minimum absolute atomic E-state index is 0.595. The summed E-state index contributed by atoms with van der Waals surface area (Å²) in [5.74, 6) is 0.595. The summed E-state index contributed by atoms with van der Waals surface area (Å²) in [4.78, 5) is 14.4. The van der Waals surface area contributed by atoms with Crippen molar-refractivity contribution >= 4 is 23.0 Å². The van der Waals surface area contributed by atoms with E-state index in [-0.39, 0.29) is 0 Å². The van der Waals surface area contributed by atoms with E-state index in [0.717, 1.165) is 16.4 Å². The van der Waals surface area contributed by atoms with E-state index in [1.54, 1.807) is 17.5 Å². The smallest absolute Gasteiger partial charge is 0.227 e. The lowest BCUT2D eigenvalue weighted by atomic mass is 10.1. The van der Waals surface area contributed by atoms with Crippen molar-refractivity contribution in [2.45, 2.75) is 20.8 Å². The van der Waals surface area contributed by atoms with Gasteiger partial charge in [-0.1, -0.05) is 18.2 Å². The molecule has 0 saturated carbocycles. The first-order valence-electron chi connectivity index (χ1n) is 6.72. The zero-order valence-electron chi connectivity index (χ0n) is 12.2. The number of rotatable bonds is 3. The van der Waals surface area contributed by atoms with Crippen LogP contribution in [-0.4, -0.2) is 15.0 Å². The first-order valence-corrected chi connectivity index (χ1v) is 7.54. The Morgan fingerprint density at radius 1 is 1.00 bits per heavy atom. The second kappa shape index (κ2) is 5.61. The molecule has 106 valence electrons. The normalized spacial score (nSPS) is 10.6. The predicted octanol–water partition coefficient (Wildman–Crippen LogP) is 4.27. The minimum Gasteiger partial charge on any atom is -0.324 e. The van der Waals surface area contributed by atoms with Crippen LogP contribution in [0, 0.1) is 20.8 Å². The van der Waals surface area contributed by atoms with Crippen molar-refractivity contribution in [2.24, 2.45) is 0 Å². The van der Waals surface area contributed by atoms with Gasteiger partial charge in [-0.3, -0.25) is 0 Å². The zero-order chi connectivity index (χ0) is 14.8. The highest BCUT2D eigenvalue weighted by Crippen LogP contribution is 2.26. The maximum atomic E-state index is 4.56. The van der Waals surface area contributed by atoms with Crippen LogP contribution < -0.4 is 5.32 Å². The number of nitrogens with zero attached hydrogens (tertiary/aromatic N) is 3. The highest BCUT2D eigenvalue weighted by molar-refractivity contribution is 7.14. The second-order valence-corrected chi connectivity index (χ2v) is 6.17. The first-order chi connectivity index (χ1) is 10.1. The van der Waals surface area contributed by atoms with Gasteiger partial charge in [0.15, 0.2) is 0 Å². The summed E-state index contributed by atoms with van der Waals surface area (Å²) in [6.45, 7) is 6.19. The van der Waals surface area contributed by atoms with Gasteiger partial charge in [-0.2, -0.15) is 0 Å². The summed E-state index contributed by atoms with van der Waals surface area (Å²) in [5, 5.41) is 4.23. The molecule has 1 N–H and O–H groups in total. The summed E-state index contributed by atoms with van der Waals surface area (Å²) >= 11 is 1.63. The number of anilines is 2. The maximum absolute atomic E-state index is 4.56. The van der Waals surface area contributed by atoms with Crippen molar-refractivity contribution in [1.82, 2.24) is 15.0 Å². The van der Waals surface area contributed by atoms with Gasteiger partial charge >= 0.3 is 0 Å². The molecule has 2 heterocycles. The number of nitrogens with one attached hydrogen (secondary N) is 1. The van der Waals surface area contributed by atoms with E-state index in [4.69, 9.17) is 0 Å². The van der Waals surface area contributed by atoms with Crippen molar-refractivity contribution < 1.29 is 0 Å². The van der Waals surface area contributed by atoms with Gasteiger partial charge in [0, 0.05) is 23.0 Å². The maximum Gasteiger partial charge on any atom is 0.227 e. The van der Waals surface area contributed by atoms with Gasteiger partial charge in [-0.05, 0) is 38.0 Å². The van der Waals surface area contributed by atoms with Gasteiger partial charge in [-0.25, -0.2) is 15.0 Å².